The summed E-state index contributed by atoms with van der Waals surface area (Å²) in [5.41, 5.74) is 8.89. The van der Waals surface area contributed by atoms with Gasteiger partial charge >= 0.3 is 0 Å². The first-order valence-corrected chi connectivity index (χ1v) is 7.69. The van der Waals surface area contributed by atoms with E-state index in [-0.39, 0.29) is 0 Å². The highest BCUT2D eigenvalue weighted by molar-refractivity contribution is 6.00. The van der Waals surface area contributed by atoms with Crippen molar-refractivity contribution in [2.45, 2.75) is 33.1 Å². The van der Waals surface area contributed by atoms with Gasteiger partial charge in [0.1, 0.15) is 0 Å². The topological polar surface area (TPSA) is 60.2 Å². The Balaban J connectivity index is 1.93. The second-order valence-corrected chi connectivity index (χ2v) is 5.32. The standard InChI is InChI=1S/C17H25N3O/c1-3-4-9-21-10-5-8-19-17-7-6-16(18)15-12-20-13(2)11-14(15)17/h6-7,11-12,19H,3-5,8-10,18H2,1-2H3. The van der Waals surface area contributed by atoms with Crippen molar-refractivity contribution in [1.82, 2.24) is 4.98 Å². The molecule has 4 heteroatoms. The number of nitrogen functional groups attached to an aromatic ring is 1. The normalized spacial score (nSPS) is 11.0. The highest BCUT2D eigenvalue weighted by Crippen LogP contribution is 2.28. The molecule has 0 amide bonds. The van der Waals surface area contributed by atoms with Crippen LogP contribution < -0.4 is 11.1 Å². The molecule has 1 aromatic heterocycles. The van der Waals surface area contributed by atoms with E-state index in [1.807, 2.05) is 25.3 Å². The fourth-order valence-electron chi connectivity index (χ4n) is 2.27. The van der Waals surface area contributed by atoms with Crippen molar-refractivity contribution in [3.05, 3.63) is 30.1 Å². The molecule has 0 aliphatic heterocycles. The number of nitrogens with one attached hydrogen (secondary N) is 1. The molecule has 3 N–H and O–H groups in total. The van der Waals surface area contributed by atoms with Crippen molar-refractivity contribution in [3.8, 4) is 0 Å². The van der Waals surface area contributed by atoms with Crippen LogP contribution in [-0.2, 0) is 4.74 Å². The van der Waals surface area contributed by atoms with E-state index in [4.69, 9.17) is 10.5 Å². The molecule has 0 saturated heterocycles. The number of ether oxygens (including phenoxy) is 1. The summed E-state index contributed by atoms with van der Waals surface area (Å²) in [6, 6.07) is 6.04. The van der Waals surface area contributed by atoms with Gasteiger partial charge in [0.05, 0.1) is 0 Å². The third kappa shape index (κ3) is 4.33. The lowest BCUT2D eigenvalue weighted by molar-refractivity contribution is 0.131. The third-order valence-electron chi connectivity index (χ3n) is 3.49. The number of hydrogen-bond donors (Lipinski definition) is 2. The monoisotopic (exact) mass is 287 g/mol. The van der Waals surface area contributed by atoms with Crippen molar-refractivity contribution >= 4 is 22.1 Å². The molecule has 114 valence electrons. The van der Waals surface area contributed by atoms with Gasteiger partial charge in [-0.25, -0.2) is 0 Å². The van der Waals surface area contributed by atoms with Crippen molar-refractivity contribution < 1.29 is 4.74 Å². The van der Waals surface area contributed by atoms with Crippen molar-refractivity contribution in [3.63, 3.8) is 0 Å². The molecule has 2 rings (SSSR count). The zero-order valence-corrected chi connectivity index (χ0v) is 13.0. The SMILES string of the molecule is CCCCOCCCNc1ccc(N)c2cnc(C)cc12. The molecule has 0 atom stereocenters. The van der Waals surface area contributed by atoms with E-state index in [1.54, 1.807) is 0 Å². The Kier molecular flexibility index (Phi) is 5.81. The van der Waals surface area contributed by atoms with E-state index in [2.05, 4.69) is 23.3 Å². The minimum absolute atomic E-state index is 0.769. The number of hydrogen-bond acceptors (Lipinski definition) is 4. The maximum absolute atomic E-state index is 6.01. The molecular formula is C17H25N3O. The average Bonchev–Trinajstić information content (AvgIpc) is 2.48. The average molecular weight is 287 g/mol. The summed E-state index contributed by atoms with van der Waals surface area (Å²) in [5, 5.41) is 5.61. The van der Waals surface area contributed by atoms with E-state index in [0.29, 0.717) is 0 Å². The van der Waals surface area contributed by atoms with Gasteiger partial charge in [0, 0.05) is 53.8 Å². The zero-order chi connectivity index (χ0) is 15.1. The minimum Gasteiger partial charge on any atom is -0.398 e. The van der Waals surface area contributed by atoms with Gasteiger partial charge in [-0.3, -0.25) is 4.98 Å². The smallest absolute Gasteiger partial charge is 0.0482 e. The van der Waals surface area contributed by atoms with Crippen LogP contribution in [0.5, 0.6) is 0 Å². The van der Waals surface area contributed by atoms with Crippen LogP contribution in [0.15, 0.2) is 24.4 Å². The molecule has 0 unspecified atom stereocenters. The molecule has 0 radical (unpaired) electrons. The van der Waals surface area contributed by atoms with Crippen LogP contribution in [0.4, 0.5) is 11.4 Å². The third-order valence-corrected chi connectivity index (χ3v) is 3.49. The Labute approximate surface area is 126 Å². The van der Waals surface area contributed by atoms with Gasteiger partial charge in [-0.05, 0) is 38.0 Å². The predicted octanol–water partition coefficient (Wildman–Crippen LogP) is 3.74. The molecule has 1 aromatic carbocycles. The Morgan fingerprint density at radius 1 is 1.19 bits per heavy atom. The van der Waals surface area contributed by atoms with Crippen LogP contribution in [0, 0.1) is 6.92 Å². The number of nitrogens with zero attached hydrogens (tertiary/aromatic N) is 1. The first-order valence-electron chi connectivity index (χ1n) is 7.69. The van der Waals surface area contributed by atoms with Gasteiger partial charge in [-0.2, -0.15) is 0 Å². The zero-order valence-electron chi connectivity index (χ0n) is 13.0. The van der Waals surface area contributed by atoms with Gasteiger partial charge in [-0.1, -0.05) is 13.3 Å². The maximum Gasteiger partial charge on any atom is 0.0482 e. The molecule has 0 fully saturated rings. The second-order valence-electron chi connectivity index (χ2n) is 5.32. The number of anilines is 2. The molecule has 4 nitrogen and oxygen atoms in total. The largest absolute Gasteiger partial charge is 0.398 e. The minimum atomic E-state index is 0.769. The summed E-state index contributed by atoms with van der Waals surface area (Å²) < 4.78 is 5.57. The van der Waals surface area contributed by atoms with E-state index in [0.717, 1.165) is 60.4 Å². The number of fused-ring (bicyclic) bond motifs is 1. The molecule has 2 aromatic rings. The summed E-state index contributed by atoms with van der Waals surface area (Å²) in [4.78, 5) is 4.32. The van der Waals surface area contributed by atoms with Crippen LogP contribution in [0.1, 0.15) is 31.9 Å². The van der Waals surface area contributed by atoms with Crippen molar-refractivity contribution in [2.75, 3.05) is 30.8 Å². The molecule has 0 spiro atoms. The number of aryl methyl sites for hydroxylation is 1. The second kappa shape index (κ2) is 7.84. The summed E-state index contributed by atoms with van der Waals surface area (Å²) in [6.07, 6.45) is 5.17. The van der Waals surface area contributed by atoms with Gasteiger partial charge in [0.15, 0.2) is 0 Å². The lowest BCUT2D eigenvalue weighted by atomic mass is 10.1. The Morgan fingerprint density at radius 3 is 2.81 bits per heavy atom. The van der Waals surface area contributed by atoms with E-state index in [9.17, 15) is 0 Å². The van der Waals surface area contributed by atoms with Crippen LogP contribution in [0.2, 0.25) is 0 Å². The highest BCUT2D eigenvalue weighted by Gasteiger charge is 2.04. The summed E-state index contributed by atoms with van der Waals surface area (Å²) in [5.74, 6) is 0. The van der Waals surface area contributed by atoms with Crippen LogP contribution in [0.3, 0.4) is 0 Å². The van der Waals surface area contributed by atoms with Gasteiger partial charge in [0.25, 0.3) is 0 Å². The fraction of sp³-hybridized carbons (Fsp3) is 0.471. The molecule has 1 heterocycles. The number of unbranched alkanes of at least 4 members (excludes halogenated alkanes) is 1. The molecule has 21 heavy (non-hydrogen) atoms. The van der Waals surface area contributed by atoms with Gasteiger partial charge < -0.3 is 15.8 Å². The molecule has 0 bridgehead atoms. The first-order chi connectivity index (χ1) is 10.2. The molecular weight excluding hydrogens is 262 g/mol. The van der Waals surface area contributed by atoms with Gasteiger partial charge in [0.2, 0.25) is 0 Å². The number of benzene rings is 1. The Morgan fingerprint density at radius 2 is 2.00 bits per heavy atom. The highest BCUT2D eigenvalue weighted by atomic mass is 16.5. The van der Waals surface area contributed by atoms with Gasteiger partial charge in [-0.15, -0.1) is 0 Å². The number of rotatable bonds is 8. The summed E-state index contributed by atoms with van der Waals surface area (Å²) in [7, 11) is 0. The number of aromatic nitrogens is 1. The quantitative estimate of drug-likeness (QED) is 0.573. The van der Waals surface area contributed by atoms with Crippen LogP contribution in [0.25, 0.3) is 10.8 Å². The maximum atomic E-state index is 6.01. The predicted molar refractivity (Wildman–Crippen MR) is 89.7 cm³/mol. The van der Waals surface area contributed by atoms with Crippen molar-refractivity contribution in [2.24, 2.45) is 0 Å². The van der Waals surface area contributed by atoms with E-state index >= 15 is 0 Å². The first kappa shape index (κ1) is 15.6. The molecule has 0 aliphatic rings. The Bertz CT molecular complexity index is 584. The fourth-order valence-corrected chi connectivity index (χ4v) is 2.27. The summed E-state index contributed by atoms with van der Waals surface area (Å²) >= 11 is 0. The molecule has 0 aliphatic carbocycles. The Hall–Kier alpha value is -1.81. The number of nitrogens with two attached hydrogens (primary N) is 1. The van der Waals surface area contributed by atoms with E-state index in [1.165, 1.54) is 6.42 Å². The van der Waals surface area contributed by atoms with Crippen LogP contribution in [-0.4, -0.2) is 24.7 Å². The lowest BCUT2D eigenvalue weighted by Crippen LogP contribution is -2.07. The lowest BCUT2D eigenvalue weighted by Gasteiger charge is -2.12. The summed E-state index contributed by atoms with van der Waals surface area (Å²) in [6.45, 7) is 6.74. The van der Waals surface area contributed by atoms with Crippen molar-refractivity contribution in [1.29, 1.82) is 0 Å². The molecule has 0 saturated carbocycles. The number of pyridine rings is 1. The van der Waals surface area contributed by atoms with Crippen LogP contribution >= 0.6 is 0 Å². The van der Waals surface area contributed by atoms with E-state index < -0.39 is 0 Å².